The number of unbranched alkanes of at least 4 members (excludes halogenated alkanes) is 9. The van der Waals surface area contributed by atoms with Crippen molar-refractivity contribution in [2.45, 2.75) is 205 Å². The summed E-state index contributed by atoms with van der Waals surface area (Å²) in [6, 6.07) is 0. The number of allylic oxidation sites excluding steroid dienone is 24. The minimum atomic E-state index is -5.09. The molecule has 0 aromatic heterocycles. The van der Waals surface area contributed by atoms with Crippen LogP contribution in [0.4, 0.5) is 0 Å². The Balaban J connectivity index is 2.40. The van der Waals surface area contributed by atoms with Crippen LogP contribution in [0.3, 0.4) is 0 Å². The van der Waals surface area contributed by atoms with E-state index in [1.165, 1.54) is 25.7 Å². The highest BCUT2D eigenvalue weighted by Gasteiger charge is 2.48. The van der Waals surface area contributed by atoms with Gasteiger partial charge >= 0.3 is 16.4 Å². The Kier molecular flexibility index (Phi) is 45.8. The Hall–Kier alpha value is -4.02. The molecule has 1 fully saturated rings. The fourth-order valence-corrected chi connectivity index (χ4v) is 7.90. The maximum atomic E-state index is 12.9. The minimum Gasteiger partial charge on any atom is -0.457 e. The van der Waals surface area contributed by atoms with Crippen LogP contribution >= 0.6 is 0 Å². The number of hydrogen-bond acceptors (Lipinski definition) is 11. The van der Waals surface area contributed by atoms with Crippen LogP contribution in [0, 0.1) is 0 Å². The highest BCUT2D eigenvalue weighted by Crippen LogP contribution is 2.26. The van der Waals surface area contributed by atoms with Crippen LogP contribution in [0.25, 0.3) is 0 Å². The van der Waals surface area contributed by atoms with Crippen LogP contribution < -0.4 is 0 Å². The predicted molar refractivity (Wildman–Crippen MR) is 303 cm³/mol. The molecule has 0 spiro atoms. The summed E-state index contributed by atoms with van der Waals surface area (Å²) in [5, 5.41) is 30.8. The minimum absolute atomic E-state index is 0.00466. The predicted octanol–water partition coefficient (Wildman–Crippen LogP) is 13.6. The third kappa shape index (κ3) is 42.2. The quantitative estimate of drug-likeness (QED) is 0.0197. The monoisotopic (exact) mass is 1050 g/mol. The van der Waals surface area contributed by atoms with Crippen LogP contribution in [0.15, 0.2) is 146 Å². The molecule has 1 heterocycles. The van der Waals surface area contributed by atoms with Gasteiger partial charge in [0.1, 0.15) is 30.5 Å². The smallest absolute Gasteiger partial charge is 0.397 e. The van der Waals surface area contributed by atoms with Gasteiger partial charge in [-0.25, -0.2) is 4.18 Å². The van der Waals surface area contributed by atoms with E-state index >= 15 is 0 Å². The molecule has 0 aromatic carbocycles. The molecule has 13 heteroatoms. The van der Waals surface area contributed by atoms with Crippen molar-refractivity contribution in [3.8, 4) is 0 Å². The number of ether oxygens (including phenoxy) is 4. The first-order valence-corrected chi connectivity index (χ1v) is 29.0. The molecule has 0 amide bonds. The van der Waals surface area contributed by atoms with E-state index in [4.69, 9.17) is 18.9 Å². The number of hydrogen-bond donors (Lipinski definition) is 4. The van der Waals surface area contributed by atoms with Gasteiger partial charge in [-0.05, 0) is 109 Å². The number of esters is 1. The Morgan fingerprint density at radius 2 is 0.892 bits per heavy atom. The lowest BCUT2D eigenvalue weighted by Gasteiger charge is -2.41. The molecular formula is C61H96O12S. The number of aliphatic hydroxyl groups excluding tert-OH is 3. The molecule has 0 bridgehead atoms. The van der Waals surface area contributed by atoms with Crippen molar-refractivity contribution in [2.24, 2.45) is 0 Å². The molecule has 0 aromatic rings. The van der Waals surface area contributed by atoms with E-state index in [1.54, 1.807) is 0 Å². The van der Waals surface area contributed by atoms with E-state index in [2.05, 4.69) is 158 Å². The van der Waals surface area contributed by atoms with Crippen LogP contribution in [0.1, 0.15) is 168 Å². The molecule has 6 unspecified atom stereocenters. The largest absolute Gasteiger partial charge is 0.457 e. The lowest BCUT2D eigenvalue weighted by Crippen LogP contribution is -2.60. The summed E-state index contributed by atoms with van der Waals surface area (Å²) in [4.78, 5) is 12.9. The number of carbonyl (C=O) groups excluding carboxylic acids is 1. The Morgan fingerprint density at radius 3 is 1.30 bits per heavy atom. The van der Waals surface area contributed by atoms with Gasteiger partial charge in [0.25, 0.3) is 0 Å². The van der Waals surface area contributed by atoms with Crippen LogP contribution in [-0.4, -0.2) is 97.5 Å². The van der Waals surface area contributed by atoms with Crippen molar-refractivity contribution >= 4 is 16.4 Å². The first-order valence-electron chi connectivity index (χ1n) is 27.6. The van der Waals surface area contributed by atoms with E-state index < -0.39 is 59.8 Å². The Labute approximate surface area is 447 Å². The molecule has 1 rings (SSSR count). The van der Waals surface area contributed by atoms with E-state index in [0.717, 1.165) is 109 Å². The summed E-state index contributed by atoms with van der Waals surface area (Å²) in [7, 11) is -5.09. The van der Waals surface area contributed by atoms with Crippen molar-refractivity contribution < 1.29 is 56.2 Å². The molecular weight excluding hydrogens is 957 g/mol. The van der Waals surface area contributed by atoms with Gasteiger partial charge in [0, 0.05) is 13.0 Å². The SMILES string of the molecule is CC/C=C\C/C=C\C/C=C\C/C=C\C/C=C\C/C=C\C/C=C\CCCC(=O)OC(COCCCCCCCCCC/C=C\C/C=C\C/C=C\C/C=C\C/C=C\CC)COC1OC(CO)C(O)C(OS(=O)(=O)O)C1O. The number of carbonyl (C=O) groups is 1. The van der Waals surface area contributed by atoms with Crippen molar-refractivity contribution in [3.05, 3.63) is 146 Å². The van der Waals surface area contributed by atoms with Crippen molar-refractivity contribution in [1.82, 2.24) is 0 Å². The first-order chi connectivity index (χ1) is 36.1. The van der Waals surface area contributed by atoms with E-state index in [-0.39, 0.29) is 19.6 Å². The Bertz CT molecular complexity index is 1840. The van der Waals surface area contributed by atoms with Gasteiger partial charge in [-0.15, -0.1) is 0 Å². The van der Waals surface area contributed by atoms with Crippen LogP contribution in [0.5, 0.6) is 0 Å². The zero-order valence-corrected chi connectivity index (χ0v) is 45.9. The van der Waals surface area contributed by atoms with Crippen LogP contribution in [-0.2, 0) is 38.3 Å². The second-order valence-corrected chi connectivity index (χ2v) is 19.1. The standard InChI is InChI=1S/C61H96O12S/c1-3-5-7-9-11-13-15-17-19-21-23-25-27-29-31-33-35-37-39-41-43-45-47-49-51-69-53-55(54-70-61-59(65)60(73-74(66,67)68)58(64)56(52-62)72-61)71-57(63)50-48-46-44-42-40-38-36-34-32-30-28-26-24-22-20-18-16-14-12-10-8-6-4-2/h5-8,11-14,17-20,23-26,29-32,36,38,42,44,55-56,58-62,64-65H,3-4,9-10,15-16,21-22,27-28,33-35,37,39-41,43,45-54H2,1-2H3,(H,66,67,68)/b7-5-,8-6-,13-11-,14-12-,19-17-,20-18-,25-23-,26-24-,31-29-,32-30-,38-36-,44-42-. The molecule has 418 valence electrons. The van der Waals surface area contributed by atoms with E-state index in [1.807, 2.05) is 6.08 Å². The zero-order chi connectivity index (χ0) is 53.8. The van der Waals surface area contributed by atoms with Gasteiger partial charge < -0.3 is 34.3 Å². The van der Waals surface area contributed by atoms with Gasteiger partial charge in [0.2, 0.25) is 0 Å². The molecule has 0 saturated carbocycles. The summed E-state index contributed by atoms with van der Waals surface area (Å²) < 4.78 is 59.3. The van der Waals surface area contributed by atoms with E-state index in [9.17, 15) is 33.1 Å². The van der Waals surface area contributed by atoms with Crippen molar-refractivity contribution in [2.75, 3.05) is 26.4 Å². The highest BCUT2D eigenvalue weighted by molar-refractivity contribution is 7.80. The van der Waals surface area contributed by atoms with Gasteiger partial charge in [-0.1, -0.05) is 198 Å². The second kappa shape index (κ2) is 49.8. The third-order valence-electron chi connectivity index (χ3n) is 11.5. The Morgan fingerprint density at radius 1 is 0.514 bits per heavy atom. The maximum absolute atomic E-state index is 12.9. The molecule has 1 saturated heterocycles. The average molecular weight is 1050 g/mol. The first kappa shape index (κ1) is 68.0. The molecule has 6 atom stereocenters. The summed E-state index contributed by atoms with van der Waals surface area (Å²) in [5.74, 6) is -0.466. The molecule has 0 radical (unpaired) electrons. The fourth-order valence-electron chi connectivity index (χ4n) is 7.39. The summed E-state index contributed by atoms with van der Waals surface area (Å²) in [5.41, 5.74) is 0. The molecule has 4 N–H and O–H groups in total. The molecule has 1 aliphatic heterocycles. The topological polar surface area (TPSA) is 178 Å². The average Bonchev–Trinajstić information content (AvgIpc) is 3.38. The summed E-state index contributed by atoms with van der Waals surface area (Å²) in [6.07, 6.45) is 65.9. The number of rotatable bonds is 46. The molecule has 12 nitrogen and oxygen atoms in total. The molecule has 1 aliphatic rings. The highest BCUT2D eigenvalue weighted by atomic mass is 32.3. The lowest BCUT2D eigenvalue weighted by molar-refractivity contribution is -0.301. The van der Waals surface area contributed by atoms with Crippen LogP contribution in [0.2, 0.25) is 0 Å². The lowest BCUT2D eigenvalue weighted by atomic mass is 9.99. The fraction of sp³-hybridized carbons (Fsp3) is 0.590. The van der Waals surface area contributed by atoms with Gasteiger partial charge in [0.05, 0.1) is 19.8 Å². The van der Waals surface area contributed by atoms with Gasteiger partial charge in [-0.2, -0.15) is 8.42 Å². The zero-order valence-electron chi connectivity index (χ0n) is 45.1. The molecule has 0 aliphatic carbocycles. The summed E-state index contributed by atoms with van der Waals surface area (Å²) in [6.45, 7) is 3.65. The van der Waals surface area contributed by atoms with Gasteiger partial charge in [0.15, 0.2) is 6.29 Å². The van der Waals surface area contributed by atoms with E-state index in [0.29, 0.717) is 19.4 Å². The second-order valence-electron chi connectivity index (χ2n) is 18.1. The van der Waals surface area contributed by atoms with Gasteiger partial charge in [-0.3, -0.25) is 9.35 Å². The van der Waals surface area contributed by atoms with Crippen molar-refractivity contribution in [1.29, 1.82) is 0 Å². The normalized spacial score (nSPS) is 19.9. The van der Waals surface area contributed by atoms with Crippen molar-refractivity contribution in [3.63, 3.8) is 0 Å². The third-order valence-corrected chi connectivity index (χ3v) is 11.9. The number of aliphatic hydroxyl groups is 3. The molecule has 74 heavy (non-hydrogen) atoms. The maximum Gasteiger partial charge on any atom is 0.397 e. The summed E-state index contributed by atoms with van der Waals surface area (Å²) >= 11 is 0.